The first-order valence-corrected chi connectivity index (χ1v) is 12.8. The molecule has 10 nitrogen and oxygen atoms in total. The van der Waals surface area contributed by atoms with Crippen LogP contribution < -0.4 is 9.80 Å². The summed E-state index contributed by atoms with van der Waals surface area (Å²) < 4.78 is 0. The van der Waals surface area contributed by atoms with Crippen molar-refractivity contribution in [2.24, 2.45) is 10.4 Å². The molecule has 4 heterocycles. The molecule has 4 aliphatic rings. The van der Waals surface area contributed by atoms with Gasteiger partial charge in [-0.1, -0.05) is 12.5 Å². The molecule has 0 aromatic carbocycles. The maximum atomic E-state index is 13.3. The summed E-state index contributed by atoms with van der Waals surface area (Å²) in [6.07, 6.45) is 8.34. The molecule has 3 fully saturated rings. The van der Waals surface area contributed by atoms with Crippen LogP contribution in [-0.2, 0) is 10.2 Å². The minimum absolute atomic E-state index is 0.0454. The number of piperazine rings is 1. The fraction of sp³-hybridized carbons (Fsp3) is 0.556. The van der Waals surface area contributed by atoms with Crippen LogP contribution in [0.25, 0.3) is 0 Å². The Hall–Kier alpha value is -3.76. The van der Waals surface area contributed by atoms with Gasteiger partial charge in [0.15, 0.2) is 5.41 Å². The molecule has 1 amide bonds. The molecule has 0 bridgehead atoms. The van der Waals surface area contributed by atoms with Gasteiger partial charge in [0, 0.05) is 56.3 Å². The third-order valence-electron chi connectivity index (χ3n) is 8.42. The van der Waals surface area contributed by atoms with Gasteiger partial charge >= 0.3 is 0 Å². The van der Waals surface area contributed by atoms with Crippen molar-refractivity contribution in [3.63, 3.8) is 0 Å². The number of nitrogens with zero attached hydrogens (tertiary/aromatic N) is 9. The number of anilines is 2. The summed E-state index contributed by atoms with van der Waals surface area (Å²) in [4.78, 5) is 35.3. The van der Waals surface area contributed by atoms with Gasteiger partial charge in [-0.05, 0) is 46.5 Å². The van der Waals surface area contributed by atoms with Gasteiger partial charge in [-0.2, -0.15) is 10.5 Å². The van der Waals surface area contributed by atoms with Crippen LogP contribution in [0.5, 0.6) is 0 Å². The standard InChI is InChI=1S/C27H33N9O/c1-5-20(12-28)11-21(30-3)36-17-26(7-6-8-26)22-23(31-18-32-24(22)36)34-9-10-35(19(2)13-34)25(37)27(14-29)15-33(4)16-27/h5,11,18-19H,3,6-10,13,15-17H2,1-2,4H3/b20-5+,21-11+. The topological polar surface area (TPSA) is 116 Å². The quantitative estimate of drug-likeness (QED) is 0.344. The van der Waals surface area contributed by atoms with Gasteiger partial charge in [0.05, 0.1) is 17.7 Å². The van der Waals surface area contributed by atoms with E-state index in [-0.39, 0.29) is 17.4 Å². The van der Waals surface area contributed by atoms with Crippen molar-refractivity contribution in [2.45, 2.75) is 44.6 Å². The van der Waals surface area contributed by atoms with Crippen molar-refractivity contribution in [3.8, 4) is 12.1 Å². The molecule has 1 aromatic rings. The Morgan fingerprint density at radius 1 is 1.22 bits per heavy atom. The molecule has 0 radical (unpaired) electrons. The maximum Gasteiger partial charge on any atom is 0.246 e. The highest BCUT2D eigenvalue weighted by atomic mass is 16.2. The van der Waals surface area contributed by atoms with E-state index in [0.717, 1.165) is 43.0 Å². The van der Waals surface area contributed by atoms with Crippen LogP contribution in [0, 0.1) is 28.1 Å². The molecule has 3 aliphatic heterocycles. The van der Waals surface area contributed by atoms with Gasteiger partial charge in [-0.15, -0.1) is 0 Å². The van der Waals surface area contributed by atoms with Gasteiger partial charge < -0.3 is 19.6 Å². The molecule has 1 atom stereocenters. The molecular formula is C27H33N9O. The van der Waals surface area contributed by atoms with Crippen molar-refractivity contribution in [3.05, 3.63) is 35.4 Å². The fourth-order valence-corrected chi connectivity index (χ4v) is 6.33. The number of carbonyl (C=O) groups excluding carboxylic acids is 1. The monoisotopic (exact) mass is 499 g/mol. The minimum atomic E-state index is -0.923. The smallest absolute Gasteiger partial charge is 0.246 e. The summed E-state index contributed by atoms with van der Waals surface area (Å²) in [5.74, 6) is 2.29. The van der Waals surface area contributed by atoms with E-state index in [4.69, 9.17) is 4.98 Å². The van der Waals surface area contributed by atoms with E-state index in [1.54, 1.807) is 18.5 Å². The summed E-state index contributed by atoms with van der Waals surface area (Å²) in [5.41, 5.74) is 0.676. The second-order valence-electron chi connectivity index (χ2n) is 10.8. The molecule has 0 N–H and O–H groups in total. The largest absolute Gasteiger partial charge is 0.352 e. The third kappa shape index (κ3) is 3.87. The number of rotatable bonds is 5. The van der Waals surface area contributed by atoms with Crippen LogP contribution in [0.1, 0.15) is 38.7 Å². The van der Waals surface area contributed by atoms with Crippen LogP contribution >= 0.6 is 0 Å². The number of fused-ring (bicyclic) bond motifs is 2. The second-order valence-corrected chi connectivity index (χ2v) is 10.8. The predicted molar refractivity (Wildman–Crippen MR) is 141 cm³/mol. The van der Waals surface area contributed by atoms with Crippen molar-refractivity contribution < 1.29 is 4.79 Å². The molecule has 1 spiro atoms. The van der Waals surface area contributed by atoms with Gasteiger partial charge in [0.2, 0.25) is 5.91 Å². The normalized spacial score (nSPS) is 24.6. The summed E-state index contributed by atoms with van der Waals surface area (Å²) in [6.45, 7) is 11.2. The molecule has 1 unspecified atom stereocenters. The Kier molecular flexibility index (Phi) is 6.25. The van der Waals surface area contributed by atoms with E-state index in [9.17, 15) is 15.3 Å². The Labute approximate surface area is 218 Å². The molecule has 1 aromatic heterocycles. The lowest BCUT2D eigenvalue weighted by Crippen LogP contribution is -2.65. The highest BCUT2D eigenvalue weighted by molar-refractivity contribution is 5.88. The van der Waals surface area contributed by atoms with Crippen LogP contribution in [0.4, 0.5) is 11.6 Å². The highest BCUT2D eigenvalue weighted by Crippen LogP contribution is 2.55. The number of hydrogen-bond donors (Lipinski definition) is 0. The van der Waals surface area contributed by atoms with E-state index in [1.165, 1.54) is 0 Å². The number of aliphatic imine (C=N–C) groups is 1. The Morgan fingerprint density at radius 2 is 1.95 bits per heavy atom. The molecule has 37 heavy (non-hydrogen) atoms. The number of carbonyl (C=O) groups is 1. The van der Waals surface area contributed by atoms with Crippen LogP contribution in [0.2, 0.25) is 0 Å². The first kappa shape index (κ1) is 24.9. The fourth-order valence-electron chi connectivity index (χ4n) is 6.33. The van der Waals surface area contributed by atoms with Crippen molar-refractivity contribution in [1.29, 1.82) is 10.5 Å². The number of nitriles is 2. The second kappa shape index (κ2) is 9.28. The number of aromatic nitrogens is 2. The molecular weight excluding hydrogens is 466 g/mol. The number of allylic oxidation sites excluding steroid dienone is 3. The molecule has 192 valence electrons. The molecule has 1 aliphatic carbocycles. The van der Waals surface area contributed by atoms with E-state index in [2.05, 4.69) is 38.6 Å². The molecule has 10 heteroatoms. The zero-order valence-electron chi connectivity index (χ0n) is 21.8. The summed E-state index contributed by atoms with van der Waals surface area (Å²) in [6, 6.07) is 4.44. The third-order valence-corrected chi connectivity index (χ3v) is 8.42. The molecule has 1 saturated carbocycles. The van der Waals surface area contributed by atoms with E-state index >= 15 is 0 Å². The number of amides is 1. The zero-order chi connectivity index (χ0) is 26.4. The van der Waals surface area contributed by atoms with Crippen molar-refractivity contribution >= 4 is 24.3 Å². The van der Waals surface area contributed by atoms with E-state index in [0.29, 0.717) is 44.1 Å². The first-order valence-electron chi connectivity index (χ1n) is 12.8. The lowest BCUT2D eigenvalue weighted by molar-refractivity contribution is -0.149. The van der Waals surface area contributed by atoms with Gasteiger partial charge in [0.25, 0.3) is 0 Å². The zero-order valence-corrected chi connectivity index (χ0v) is 21.8. The highest BCUT2D eigenvalue weighted by Gasteiger charge is 2.53. The predicted octanol–water partition coefficient (Wildman–Crippen LogP) is 2.22. The summed E-state index contributed by atoms with van der Waals surface area (Å²) >= 11 is 0. The van der Waals surface area contributed by atoms with Gasteiger partial charge in [0.1, 0.15) is 23.8 Å². The van der Waals surface area contributed by atoms with Crippen molar-refractivity contribution in [1.82, 2.24) is 19.8 Å². The van der Waals surface area contributed by atoms with Crippen LogP contribution in [0.3, 0.4) is 0 Å². The average molecular weight is 500 g/mol. The van der Waals surface area contributed by atoms with Gasteiger partial charge in [-0.25, -0.2) is 15.0 Å². The molecule has 5 rings (SSSR count). The summed E-state index contributed by atoms with van der Waals surface area (Å²) in [7, 11) is 1.93. The number of hydrogen-bond acceptors (Lipinski definition) is 9. The number of likely N-dealkylation sites (tertiary alicyclic amines) is 1. The Morgan fingerprint density at radius 3 is 2.49 bits per heavy atom. The SMILES string of the molecule is C=N/C(=C\C(C#N)=C/C)N1CC2(CCC2)c2c(N3CCN(C(=O)C4(C#N)CN(C)C4)C(C)C3)ncnc21. The van der Waals surface area contributed by atoms with Crippen LogP contribution in [-0.4, -0.2) is 84.8 Å². The Balaban J connectivity index is 1.44. The van der Waals surface area contributed by atoms with Gasteiger partial charge in [-0.3, -0.25) is 4.79 Å². The van der Waals surface area contributed by atoms with E-state index < -0.39 is 5.41 Å². The molecule has 2 saturated heterocycles. The van der Waals surface area contributed by atoms with Crippen molar-refractivity contribution in [2.75, 3.05) is 56.1 Å². The Bertz CT molecular complexity index is 1260. The first-order chi connectivity index (χ1) is 17.8. The lowest BCUT2D eigenvalue weighted by atomic mass is 9.66. The van der Waals surface area contributed by atoms with E-state index in [1.807, 2.05) is 30.7 Å². The summed E-state index contributed by atoms with van der Waals surface area (Å²) in [5, 5.41) is 19.2. The average Bonchev–Trinajstić information content (AvgIpc) is 3.23. The maximum absolute atomic E-state index is 13.3. The lowest BCUT2D eigenvalue weighted by Gasteiger charge is -2.48. The van der Waals surface area contributed by atoms with Crippen LogP contribution in [0.15, 0.2) is 34.9 Å². The minimum Gasteiger partial charge on any atom is -0.352 e.